The Morgan fingerprint density at radius 1 is 0.455 bits per heavy atom. The van der Waals surface area contributed by atoms with Crippen molar-refractivity contribution in [2.45, 2.75) is 155 Å². The second-order valence-electron chi connectivity index (χ2n) is 18.6. The molecular weight excluding hydrogens is 664 g/mol. The van der Waals surface area contributed by atoms with E-state index in [0.29, 0.717) is 43.3 Å². The highest BCUT2D eigenvalue weighted by atomic mass is 79.9. The van der Waals surface area contributed by atoms with Crippen LogP contribution in [0, 0.1) is 46.3 Å². The molecule has 0 spiro atoms. The summed E-state index contributed by atoms with van der Waals surface area (Å²) in [6.07, 6.45) is 23.2. The van der Waals surface area contributed by atoms with Crippen LogP contribution in [0.3, 0.4) is 0 Å². The van der Waals surface area contributed by atoms with Crippen LogP contribution >= 0.6 is 31.9 Å². The van der Waals surface area contributed by atoms with Gasteiger partial charge in [-0.1, -0.05) is 97.4 Å². The van der Waals surface area contributed by atoms with E-state index in [-0.39, 0.29) is 0 Å². The summed E-state index contributed by atoms with van der Waals surface area (Å²) in [5.74, 6) is 0. The maximum atomic E-state index is 3.84. The summed E-state index contributed by atoms with van der Waals surface area (Å²) in [5.41, 5.74) is 10.2. The molecule has 8 fully saturated rings. The van der Waals surface area contributed by atoms with Crippen LogP contribution in [-0.4, -0.2) is 0 Å². The number of hydrogen-bond acceptors (Lipinski definition) is 0. The molecule has 2 heteroatoms. The summed E-state index contributed by atoms with van der Waals surface area (Å²) in [6, 6.07) is 14.8. The molecule has 238 valence electrons. The van der Waals surface area contributed by atoms with E-state index in [1.807, 2.05) is 0 Å². The monoisotopic (exact) mass is 718 g/mol. The molecule has 4 atom stereocenters. The van der Waals surface area contributed by atoms with Gasteiger partial charge in [0.15, 0.2) is 0 Å². The van der Waals surface area contributed by atoms with Crippen molar-refractivity contribution in [2.75, 3.05) is 0 Å². The van der Waals surface area contributed by atoms with Crippen molar-refractivity contribution in [2.24, 2.45) is 32.5 Å². The Kier molecular flexibility index (Phi) is 6.64. The Balaban J connectivity index is 1.36. The summed E-state index contributed by atoms with van der Waals surface area (Å²) in [4.78, 5) is 0. The molecule has 2 aromatic rings. The van der Waals surface area contributed by atoms with E-state index in [0.717, 1.165) is 0 Å². The zero-order valence-corrected chi connectivity index (χ0v) is 31.7. The van der Waals surface area contributed by atoms with E-state index < -0.39 is 0 Å². The highest BCUT2D eigenvalue weighted by molar-refractivity contribution is 9.10. The molecule has 0 amide bonds. The summed E-state index contributed by atoms with van der Waals surface area (Å²) in [6.45, 7) is 15.2. The Morgan fingerprint density at radius 3 is 1.05 bits per heavy atom. The summed E-state index contributed by atoms with van der Waals surface area (Å²) < 4.78 is 2.49. The van der Waals surface area contributed by atoms with Gasteiger partial charge >= 0.3 is 0 Å². The molecule has 10 rings (SSSR count). The smallest absolute Gasteiger partial charge is 0.0178 e. The maximum absolute atomic E-state index is 3.84. The molecule has 0 heterocycles. The van der Waals surface area contributed by atoms with Crippen molar-refractivity contribution >= 4 is 31.9 Å². The molecule has 0 saturated heterocycles. The van der Waals surface area contributed by atoms with Gasteiger partial charge < -0.3 is 0 Å². The molecule has 0 radical (unpaired) electrons. The first-order chi connectivity index (χ1) is 20.8. The highest BCUT2D eigenvalue weighted by Gasteiger charge is 2.77. The van der Waals surface area contributed by atoms with Gasteiger partial charge in [0.05, 0.1) is 0 Å². The standard InChI is InChI=1S/C42H56Br2/c1-7-35-17-36(8-2)20-39(19-35,33-13-11-31(43)15-29(33)5)27-41(23-35,24-36)42-25-37(9-3)18-38(10-4,26-42)22-40(21-37,28-42)34-14-12-32(44)16-30(34)6/h11-16H,7-10,17-28H2,1-6H3. The van der Waals surface area contributed by atoms with Crippen molar-refractivity contribution in [3.63, 3.8) is 0 Å². The van der Waals surface area contributed by atoms with Crippen LogP contribution in [0.15, 0.2) is 45.3 Å². The van der Waals surface area contributed by atoms with Crippen LogP contribution in [0.1, 0.15) is 153 Å². The Hall–Kier alpha value is -0.600. The molecule has 8 aliphatic rings. The molecule has 0 nitrogen and oxygen atoms in total. The van der Waals surface area contributed by atoms with Gasteiger partial charge in [-0.25, -0.2) is 0 Å². The molecular formula is C42H56Br2. The third kappa shape index (κ3) is 3.97. The van der Waals surface area contributed by atoms with Crippen LogP contribution in [0.5, 0.6) is 0 Å². The van der Waals surface area contributed by atoms with Crippen LogP contribution < -0.4 is 0 Å². The van der Waals surface area contributed by atoms with Crippen molar-refractivity contribution in [1.82, 2.24) is 0 Å². The van der Waals surface area contributed by atoms with Crippen LogP contribution in [0.4, 0.5) is 0 Å². The Morgan fingerprint density at radius 2 is 0.773 bits per heavy atom. The molecule has 0 N–H and O–H groups in total. The third-order valence-corrected chi connectivity index (χ3v) is 17.2. The van der Waals surface area contributed by atoms with E-state index in [1.165, 1.54) is 123 Å². The molecule has 44 heavy (non-hydrogen) atoms. The van der Waals surface area contributed by atoms with Crippen LogP contribution in [-0.2, 0) is 10.8 Å². The van der Waals surface area contributed by atoms with Gasteiger partial charge in [0.1, 0.15) is 0 Å². The van der Waals surface area contributed by atoms with E-state index in [1.54, 1.807) is 11.1 Å². The molecule has 8 bridgehead atoms. The van der Waals surface area contributed by atoms with Crippen molar-refractivity contribution in [3.05, 3.63) is 67.6 Å². The van der Waals surface area contributed by atoms with E-state index in [2.05, 4.69) is 110 Å². The summed E-state index contributed by atoms with van der Waals surface area (Å²) in [5, 5.41) is 0. The lowest BCUT2D eigenvalue weighted by atomic mass is 9.23. The van der Waals surface area contributed by atoms with Gasteiger partial charge in [-0.15, -0.1) is 0 Å². The minimum atomic E-state index is 0.342. The van der Waals surface area contributed by atoms with Crippen molar-refractivity contribution in [3.8, 4) is 0 Å². The highest BCUT2D eigenvalue weighted by Crippen LogP contribution is 2.86. The predicted octanol–water partition coefficient (Wildman–Crippen LogP) is 13.3. The van der Waals surface area contributed by atoms with Gasteiger partial charge in [-0.2, -0.15) is 0 Å². The molecule has 0 aliphatic heterocycles. The quantitative estimate of drug-likeness (QED) is 0.267. The first-order valence-electron chi connectivity index (χ1n) is 18.3. The minimum Gasteiger partial charge on any atom is -0.0649 e. The lowest BCUT2D eigenvalue weighted by molar-refractivity contribution is -0.286. The van der Waals surface area contributed by atoms with E-state index in [4.69, 9.17) is 0 Å². The zero-order valence-electron chi connectivity index (χ0n) is 28.5. The fourth-order valence-electron chi connectivity index (χ4n) is 15.8. The molecule has 4 unspecified atom stereocenters. The van der Waals surface area contributed by atoms with Gasteiger partial charge in [-0.05, 0) is 181 Å². The molecule has 2 aromatic carbocycles. The van der Waals surface area contributed by atoms with Gasteiger partial charge in [0, 0.05) is 8.95 Å². The van der Waals surface area contributed by atoms with Gasteiger partial charge in [-0.3, -0.25) is 0 Å². The fourth-order valence-corrected chi connectivity index (χ4v) is 16.7. The normalized spacial score (nSPS) is 46.6. The first kappa shape index (κ1) is 30.7. The maximum Gasteiger partial charge on any atom is 0.0178 e. The summed E-state index contributed by atoms with van der Waals surface area (Å²) in [7, 11) is 0. The SMILES string of the molecule is CCC12CC3(CC)CC(c4ccc(Br)cc4C)(C1)CC(C14CC5(CC)CC(CC)(CC(c6ccc(Br)cc6C)(C5)C1)C4)(C2)C3. The predicted molar refractivity (Wildman–Crippen MR) is 192 cm³/mol. The number of rotatable bonds is 7. The first-order valence-corrected chi connectivity index (χ1v) is 19.9. The van der Waals surface area contributed by atoms with Gasteiger partial charge in [0.2, 0.25) is 0 Å². The van der Waals surface area contributed by atoms with Gasteiger partial charge in [0.25, 0.3) is 0 Å². The number of halogens is 2. The lowest BCUT2D eigenvalue weighted by Gasteiger charge is -2.81. The second kappa shape index (κ2) is 9.51. The molecule has 8 aliphatic carbocycles. The topological polar surface area (TPSA) is 0 Å². The number of hydrogen-bond donors (Lipinski definition) is 0. The van der Waals surface area contributed by atoms with E-state index >= 15 is 0 Å². The third-order valence-electron chi connectivity index (χ3n) is 16.2. The largest absolute Gasteiger partial charge is 0.0649 e. The van der Waals surface area contributed by atoms with Crippen molar-refractivity contribution < 1.29 is 0 Å². The number of benzene rings is 2. The molecule has 0 aromatic heterocycles. The Bertz CT molecular complexity index is 1360. The van der Waals surface area contributed by atoms with Crippen LogP contribution in [0.2, 0.25) is 0 Å². The lowest BCUT2D eigenvalue weighted by Crippen LogP contribution is -2.72. The average Bonchev–Trinajstić information content (AvgIpc) is 2.95. The van der Waals surface area contributed by atoms with E-state index in [9.17, 15) is 0 Å². The zero-order chi connectivity index (χ0) is 31.0. The van der Waals surface area contributed by atoms with Crippen molar-refractivity contribution in [1.29, 1.82) is 0 Å². The molecule has 8 saturated carbocycles. The Labute approximate surface area is 285 Å². The number of aryl methyl sites for hydroxylation is 2. The van der Waals surface area contributed by atoms with Crippen LogP contribution in [0.25, 0.3) is 0 Å². The fraction of sp³-hybridized carbons (Fsp3) is 0.714. The average molecular weight is 721 g/mol. The summed E-state index contributed by atoms with van der Waals surface area (Å²) >= 11 is 7.67. The second-order valence-corrected chi connectivity index (χ2v) is 20.4. The minimum absolute atomic E-state index is 0.342.